The van der Waals surface area contributed by atoms with Gasteiger partial charge in [-0.1, -0.05) is 42.5 Å². The van der Waals surface area contributed by atoms with Crippen LogP contribution in [0.3, 0.4) is 0 Å². The zero-order valence-electron chi connectivity index (χ0n) is 25.0. The van der Waals surface area contributed by atoms with E-state index in [4.69, 9.17) is 5.73 Å². The molecule has 0 bridgehead atoms. The Balaban J connectivity index is 2.11. The van der Waals surface area contributed by atoms with E-state index >= 15 is 0 Å². The number of carbonyl (C=O) groups excluding carboxylic acids is 4. The molecule has 0 unspecified atom stereocenters. The average Bonchev–Trinajstić information content (AvgIpc) is 2.92. The summed E-state index contributed by atoms with van der Waals surface area (Å²) in [6.07, 6.45) is 0.195. The molecular weight excluding hydrogens is 606 g/mol. The molecular formula is C30H41N5O7S2. The van der Waals surface area contributed by atoms with Crippen molar-refractivity contribution in [3.8, 4) is 5.75 Å². The Kier molecular flexibility index (Phi) is 13.1. The van der Waals surface area contributed by atoms with Crippen molar-refractivity contribution in [2.24, 2.45) is 5.73 Å². The van der Waals surface area contributed by atoms with Gasteiger partial charge in [-0.3, -0.25) is 19.2 Å². The summed E-state index contributed by atoms with van der Waals surface area (Å²) in [6.45, 7) is 5.70. The second kappa shape index (κ2) is 15.8. The van der Waals surface area contributed by atoms with E-state index in [0.29, 0.717) is 5.56 Å². The first-order valence-electron chi connectivity index (χ1n) is 13.8. The summed E-state index contributed by atoms with van der Waals surface area (Å²) in [5.74, 6) is -4.14. The number of aromatic hydroxyl groups is 1. The second-order valence-corrected chi connectivity index (χ2v) is 13.8. The Hall–Kier alpha value is -3.75. The summed E-state index contributed by atoms with van der Waals surface area (Å²) in [4.78, 5) is 63.8. The van der Waals surface area contributed by atoms with E-state index in [0.717, 1.165) is 5.56 Å². The lowest BCUT2D eigenvalue weighted by Crippen LogP contribution is -2.60. The zero-order valence-corrected chi connectivity index (χ0v) is 26.8. The Morgan fingerprint density at radius 1 is 0.750 bits per heavy atom. The fourth-order valence-electron chi connectivity index (χ4n) is 4.15. The van der Waals surface area contributed by atoms with E-state index in [-0.39, 0.29) is 18.6 Å². The molecule has 44 heavy (non-hydrogen) atoms. The van der Waals surface area contributed by atoms with Crippen LogP contribution in [0.15, 0.2) is 54.6 Å². The molecule has 0 heterocycles. The molecule has 0 fully saturated rings. The van der Waals surface area contributed by atoms with Gasteiger partial charge in [0.05, 0.1) is 12.6 Å². The largest absolute Gasteiger partial charge is 0.508 e. The first kappa shape index (κ1) is 36.4. The highest BCUT2D eigenvalue weighted by molar-refractivity contribution is 7.82. The van der Waals surface area contributed by atoms with Crippen molar-refractivity contribution >= 4 is 54.9 Å². The maximum Gasteiger partial charge on any atom is 0.327 e. The highest BCUT2D eigenvalue weighted by atomic mass is 32.1. The van der Waals surface area contributed by atoms with Crippen LogP contribution in [0.1, 0.15) is 38.8 Å². The summed E-state index contributed by atoms with van der Waals surface area (Å²) in [6, 6.07) is 10.3. The minimum Gasteiger partial charge on any atom is -0.508 e. The number of nitrogens with one attached hydrogen (secondary N) is 4. The number of aliphatic carboxylic acids is 1. The fraction of sp³-hybridized carbons (Fsp3) is 0.433. The highest BCUT2D eigenvalue weighted by Gasteiger charge is 2.37. The predicted molar refractivity (Wildman–Crippen MR) is 172 cm³/mol. The van der Waals surface area contributed by atoms with Crippen molar-refractivity contribution in [2.45, 2.75) is 74.2 Å². The molecule has 2 aromatic carbocycles. The Morgan fingerprint density at radius 2 is 1.27 bits per heavy atom. The van der Waals surface area contributed by atoms with Crippen LogP contribution in [0.2, 0.25) is 0 Å². The van der Waals surface area contributed by atoms with Crippen LogP contribution in [-0.4, -0.2) is 80.0 Å². The molecule has 0 radical (unpaired) electrons. The molecule has 0 saturated heterocycles. The van der Waals surface area contributed by atoms with Gasteiger partial charge in [0.1, 0.15) is 23.9 Å². The van der Waals surface area contributed by atoms with Crippen molar-refractivity contribution in [2.75, 3.05) is 6.54 Å². The van der Waals surface area contributed by atoms with E-state index in [1.54, 1.807) is 26.0 Å². The molecule has 0 aliphatic heterocycles. The van der Waals surface area contributed by atoms with Crippen LogP contribution in [0.5, 0.6) is 5.75 Å². The number of hydrogen-bond acceptors (Lipinski definition) is 9. The summed E-state index contributed by atoms with van der Waals surface area (Å²) in [5, 5.41) is 29.2. The number of carboxylic acids is 1. The number of benzene rings is 2. The second-order valence-electron chi connectivity index (χ2n) is 11.5. The van der Waals surface area contributed by atoms with Gasteiger partial charge in [0.2, 0.25) is 23.6 Å². The summed E-state index contributed by atoms with van der Waals surface area (Å²) in [7, 11) is 0. The van der Waals surface area contributed by atoms with Crippen LogP contribution in [-0.2, 0) is 36.8 Å². The van der Waals surface area contributed by atoms with E-state index in [2.05, 4.69) is 46.5 Å². The number of amides is 4. The van der Waals surface area contributed by atoms with Gasteiger partial charge in [-0.25, -0.2) is 4.79 Å². The number of nitrogens with two attached hydrogens (primary N) is 1. The molecule has 0 aromatic heterocycles. The summed E-state index contributed by atoms with van der Waals surface area (Å²) in [5.41, 5.74) is 7.48. The van der Waals surface area contributed by atoms with Crippen LogP contribution < -0.4 is 27.0 Å². The monoisotopic (exact) mass is 647 g/mol. The molecule has 0 spiro atoms. The molecule has 240 valence electrons. The third-order valence-corrected chi connectivity index (χ3v) is 7.10. The van der Waals surface area contributed by atoms with Gasteiger partial charge in [-0.05, 0) is 57.4 Å². The molecule has 4 atom stereocenters. The van der Waals surface area contributed by atoms with Gasteiger partial charge in [0.25, 0.3) is 0 Å². The molecule has 0 aliphatic rings. The van der Waals surface area contributed by atoms with Gasteiger partial charge in [0, 0.05) is 15.9 Å². The van der Waals surface area contributed by atoms with Crippen molar-refractivity contribution in [3.63, 3.8) is 0 Å². The van der Waals surface area contributed by atoms with Crippen LogP contribution >= 0.6 is 25.3 Å². The summed E-state index contributed by atoms with van der Waals surface area (Å²) >= 11 is 8.72. The molecule has 0 aliphatic carbocycles. The standard InChI is InChI=1S/C30H41N5O7S2/c1-29(2,43)23(34-25(38)20(31)14-17-8-6-5-7-9-17)27(40)32-16-22(37)33-21(15-18-10-12-19(36)13-11-18)26(39)35-24(28(41)42)30(3,4)44/h5-13,20-21,23-24,36,43-44H,14-16,31H2,1-4H3,(H,32,40)(H,33,37)(H,34,38)(H,35,39)(H,41,42)/t20-,21-,23-,24-/m0/s1. The van der Waals surface area contributed by atoms with Crippen molar-refractivity contribution < 1.29 is 34.2 Å². The van der Waals surface area contributed by atoms with Gasteiger partial charge < -0.3 is 37.2 Å². The molecule has 12 nitrogen and oxygen atoms in total. The SMILES string of the molecule is CC(C)(S)[C@@H](NC(=O)[C@H](Cc1ccc(O)cc1)NC(=O)CNC(=O)[C@H](NC(=O)[C@@H](N)Cc1ccccc1)C(C)(C)S)C(=O)O. The molecule has 8 N–H and O–H groups in total. The number of carboxylic acid groups (broad SMARTS) is 1. The highest BCUT2D eigenvalue weighted by Crippen LogP contribution is 2.20. The molecule has 2 rings (SSSR count). The number of hydrogen-bond donors (Lipinski definition) is 9. The number of phenols is 1. The van der Waals surface area contributed by atoms with E-state index < -0.39 is 69.8 Å². The van der Waals surface area contributed by atoms with Gasteiger partial charge >= 0.3 is 5.97 Å². The smallest absolute Gasteiger partial charge is 0.327 e. The quantitative estimate of drug-likeness (QED) is 0.125. The topological polar surface area (TPSA) is 200 Å². The Labute approximate surface area is 267 Å². The number of rotatable bonds is 15. The molecule has 2 aromatic rings. The van der Waals surface area contributed by atoms with E-state index in [1.807, 2.05) is 30.3 Å². The maximum atomic E-state index is 13.2. The maximum absolute atomic E-state index is 13.2. The lowest BCUT2D eigenvalue weighted by molar-refractivity contribution is -0.143. The lowest BCUT2D eigenvalue weighted by atomic mass is 10.00. The van der Waals surface area contributed by atoms with Crippen LogP contribution in [0, 0.1) is 0 Å². The van der Waals surface area contributed by atoms with Crippen LogP contribution in [0.4, 0.5) is 0 Å². The van der Waals surface area contributed by atoms with E-state index in [1.165, 1.54) is 26.0 Å². The number of phenolic OH excluding ortho intramolecular Hbond substituents is 1. The van der Waals surface area contributed by atoms with Crippen LogP contribution in [0.25, 0.3) is 0 Å². The fourth-order valence-corrected chi connectivity index (χ4v) is 4.50. The summed E-state index contributed by atoms with van der Waals surface area (Å²) < 4.78 is -2.18. The minimum absolute atomic E-state index is 0.000884. The number of thiol groups is 2. The predicted octanol–water partition coefficient (Wildman–Crippen LogP) is 0.577. The average molecular weight is 648 g/mol. The first-order valence-corrected chi connectivity index (χ1v) is 14.7. The normalized spacial score (nSPS) is 14.3. The van der Waals surface area contributed by atoms with E-state index in [9.17, 15) is 34.2 Å². The van der Waals surface area contributed by atoms with Crippen molar-refractivity contribution in [1.82, 2.24) is 21.3 Å². The van der Waals surface area contributed by atoms with Gasteiger partial charge in [-0.15, -0.1) is 0 Å². The van der Waals surface area contributed by atoms with Crippen molar-refractivity contribution in [3.05, 3.63) is 65.7 Å². The third-order valence-electron chi connectivity index (χ3n) is 6.58. The van der Waals surface area contributed by atoms with Crippen molar-refractivity contribution in [1.29, 1.82) is 0 Å². The Bertz CT molecular complexity index is 1310. The number of carbonyl (C=O) groups is 5. The minimum atomic E-state index is -1.38. The Morgan fingerprint density at radius 3 is 1.80 bits per heavy atom. The lowest BCUT2D eigenvalue weighted by Gasteiger charge is -2.30. The van der Waals surface area contributed by atoms with Gasteiger partial charge in [-0.2, -0.15) is 25.3 Å². The molecule has 4 amide bonds. The first-order chi connectivity index (χ1) is 20.4. The molecule has 14 heteroatoms. The zero-order chi connectivity index (χ0) is 33.2. The molecule has 0 saturated carbocycles. The third kappa shape index (κ3) is 11.7. The van der Waals surface area contributed by atoms with Gasteiger partial charge in [0.15, 0.2) is 0 Å².